The summed E-state index contributed by atoms with van der Waals surface area (Å²) in [7, 11) is 0. The first-order valence-electron chi connectivity index (χ1n) is 4.95. The molecule has 4 nitrogen and oxygen atoms in total. The maximum atomic E-state index is 10.8. The van der Waals surface area contributed by atoms with Crippen LogP contribution in [0.15, 0.2) is 6.20 Å². The Morgan fingerprint density at radius 3 is 3.21 bits per heavy atom. The number of aryl methyl sites for hydroxylation is 1. The molecule has 0 saturated carbocycles. The first-order chi connectivity index (χ1) is 6.85. The molecule has 1 aromatic rings. The van der Waals surface area contributed by atoms with Gasteiger partial charge < -0.3 is 4.74 Å². The van der Waals surface area contributed by atoms with E-state index >= 15 is 0 Å². The minimum absolute atomic E-state index is 0.308. The molecule has 0 spiro atoms. The van der Waals surface area contributed by atoms with Gasteiger partial charge in [-0.1, -0.05) is 0 Å². The lowest BCUT2D eigenvalue weighted by atomic mass is 10.0. The third kappa shape index (κ3) is 1.57. The van der Waals surface area contributed by atoms with Crippen molar-refractivity contribution in [3.63, 3.8) is 0 Å². The lowest BCUT2D eigenvalue weighted by molar-refractivity contribution is 0.112. The van der Waals surface area contributed by atoms with Gasteiger partial charge in [-0.15, -0.1) is 0 Å². The van der Waals surface area contributed by atoms with Crippen LogP contribution >= 0.6 is 0 Å². The van der Waals surface area contributed by atoms with Gasteiger partial charge >= 0.3 is 0 Å². The van der Waals surface area contributed by atoms with E-state index in [9.17, 15) is 4.79 Å². The van der Waals surface area contributed by atoms with Crippen LogP contribution in [0, 0.1) is 0 Å². The Labute approximate surface area is 82.9 Å². The Bertz CT molecular complexity index is 327. The van der Waals surface area contributed by atoms with Crippen molar-refractivity contribution in [2.24, 2.45) is 0 Å². The number of hydrogen-bond donors (Lipinski definition) is 0. The van der Waals surface area contributed by atoms with Gasteiger partial charge in [0.2, 0.25) is 0 Å². The molecule has 0 amide bonds. The van der Waals surface area contributed by atoms with Crippen LogP contribution in [0.5, 0.6) is 0 Å². The Morgan fingerprint density at radius 1 is 1.79 bits per heavy atom. The average molecular weight is 194 g/mol. The smallest absolute Gasteiger partial charge is 0.153 e. The first kappa shape index (κ1) is 9.40. The second-order valence-corrected chi connectivity index (χ2v) is 3.50. The summed E-state index contributed by atoms with van der Waals surface area (Å²) >= 11 is 0. The molecule has 14 heavy (non-hydrogen) atoms. The molecule has 1 fully saturated rings. The normalized spacial score (nSPS) is 21.4. The van der Waals surface area contributed by atoms with Crippen LogP contribution in [0.1, 0.15) is 35.3 Å². The molecule has 0 aliphatic carbocycles. The molecule has 0 N–H and O–H groups in total. The Balaban J connectivity index is 2.29. The third-order valence-electron chi connectivity index (χ3n) is 2.59. The zero-order valence-electron chi connectivity index (χ0n) is 8.27. The molecule has 2 rings (SSSR count). The van der Waals surface area contributed by atoms with Crippen LogP contribution < -0.4 is 0 Å². The van der Waals surface area contributed by atoms with Crippen LogP contribution in [0.25, 0.3) is 0 Å². The van der Waals surface area contributed by atoms with Crippen molar-refractivity contribution in [1.29, 1.82) is 0 Å². The van der Waals surface area contributed by atoms with Crippen molar-refractivity contribution in [3.05, 3.63) is 17.5 Å². The monoisotopic (exact) mass is 194 g/mol. The number of carbonyl (C=O) groups excluding carboxylic acids is 1. The molecule has 1 aliphatic rings. The van der Waals surface area contributed by atoms with Crippen molar-refractivity contribution in [3.8, 4) is 0 Å². The van der Waals surface area contributed by atoms with E-state index in [0.29, 0.717) is 18.1 Å². The van der Waals surface area contributed by atoms with Gasteiger partial charge in [0.15, 0.2) is 6.29 Å². The van der Waals surface area contributed by atoms with Gasteiger partial charge in [-0.3, -0.25) is 9.48 Å². The second-order valence-electron chi connectivity index (χ2n) is 3.50. The largest absolute Gasteiger partial charge is 0.381 e. The maximum absolute atomic E-state index is 10.8. The van der Waals surface area contributed by atoms with Crippen LogP contribution in [-0.2, 0) is 11.3 Å². The number of aldehydes is 1. The van der Waals surface area contributed by atoms with Gasteiger partial charge in [0, 0.05) is 25.3 Å². The second kappa shape index (κ2) is 3.92. The van der Waals surface area contributed by atoms with Crippen LogP contribution in [0.4, 0.5) is 0 Å². The molecule has 0 radical (unpaired) electrons. The van der Waals surface area contributed by atoms with Crippen molar-refractivity contribution in [1.82, 2.24) is 9.78 Å². The van der Waals surface area contributed by atoms with Crippen molar-refractivity contribution in [2.45, 2.75) is 25.8 Å². The van der Waals surface area contributed by atoms with E-state index < -0.39 is 0 Å². The Hall–Kier alpha value is -1.16. The molecule has 1 aromatic heterocycles. The molecule has 0 bridgehead atoms. The lowest BCUT2D eigenvalue weighted by Gasteiger charge is -2.03. The Morgan fingerprint density at radius 2 is 2.64 bits per heavy atom. The van der Waals surface area contributed by atoms with E-state index in [0.717, 1.165) is 31.6 Å². The number of rotatable bonds is 3. The van der Waals surface area contributed by atoms with Gasteiger partial charge in [-0.05, 0) is 13.3 Å². The number of hydrogen-bond acceptors (Lipinski definition) is 3. The number of nitrogens with zero attached hydrogens (tertiary/aromatic N) is 2. The van der Waals surface area contributed by atoms with Gasteiger partial charge in [0.1, 0.15) is 0 Å². The summed E-state index contributed by atoms with van der Waals surface area (Å²) < 4.78 is 7.09. The van der Waals surface area contributed by atoms with E-state index in [2.05, 4.69) is 5.10 Å². The minimum atomic E-state index is 0.308. The van der Waals surface area contributed by atoms with E-state index in [-0.39, 0.29) is 0 Å². The van der Waals surface area contributed by atoms with Crippen LogP contribution in [0.2, 0.25) is 0 Å². The fourth-order valence-corrected chi connectivity index (χ4v) is 1.77. The zero-order chi connectivity index (χ0) is 9.97. The van der Waals surface area contributed by atoms with Crippen LogP contribution in [0.3, 0.4) is 0 Å². The highest BCUT2D eigenvalue weighted by molar-refractivity contribution is 5.76. The fraction of sp³-hybridized carbons (Fsp3) is 0.600. The van der Waals surface area contributed by atoms with Crippen molar-refractivity contribution >= 4 is 6.29 Å². The number of carbonyl (C=O) groups is 1. The molecular formula is C10H14N2O2. The molecule has 1 unspecified atom stereocenters. The number of aromatic nitrogens is 2. The van der Waals surface area contributed by atoms with E-state index in [4.69, 9.17) is 4.74 Å². The highest BCUT2D eigenvalue weighted by Gasteiger charge is 2.23. The standard InChI is InChI=1S/C10H14N2O2/c1-2-12-5-9(6-13)10(11-12)8-3-4-14-7-8/h5-6,8H,2-4,7H2,1H3. The SMILES string of the molecule is CCn1cc(C=O)c(C2CCOC2)n1. The summed E-state index contributed by atoms with van der Waals surface area (Å²) in [5.41, 5.74) is 1.61. The number of ether oxygens (including phenoxy) is 1. The molecule has 76 valence electrons. The van der Waals surface area contributed by atoms with Crippen LogP contribution in [-0.4, -0.2) is 29.3 Å². The molecule has 2 heterocycles. The van der Waals surface area contributed by atoms with E-state index in [1.165, 1.54) is 0 Å². The predicted octanol–water partition coefficient (Wildman–Crippen LogP) is 1.22. The predicted molar refractivity (Wildman–Crippen MR) is 51.5 cm³/mol. The quantitative estimate of drug-likeness (QED) is 0.679. The zero-order valence-corrected chi connectivity index (χ0v) is 8.27. The lowest BCUT2D eigenvalue weighted by Crippen LogP contribution is -2.03. The van der Waals surface area contributed by atoms with E-state index in [1.807, 2.05) is 6.92 Å². The van der Waals surface area contributed by atoms with Gasteiger partial charge in [-0.2, -0.15) is 5.10 Å². The minimum Gasteiger partial charge on any atom is -0.381 e. The Kier molecular flexibility index (Phi) is 2.63. The molecule has 1 atom stereocenters. The topological polar surface area (TPSA) is 44.1 Å². The molecule has 1 aliphatic heterocycles. The molecular weight excluding hydrogens is 180 g/mol. The van der Waals surface area contributed by atoms with Gasteiger partial charge in [0.25, 0.3) is 0 Å². The average Bonchev–Trinajstić information content (AvgIpc) is 2.85. The summed E-state index contributed by atoms with van der Waals surface area (Å²) in [6, 6.07) is 0. The van der Waals surface area contributed by atoms with Gasteiger partial charge in [-0.25, -0.2) is 0 Å². The fourth-order valence-electron chi connectivity index (χ4n) is 1.77. The summed E-state index contributed by atoms with van der Waals surface area (Å²) in [5, 5.41) is 4.39. The highest BCUT2D eigenvalue weighted by atomic mass is 16.5. The third-order valence-corrected chi connectivity index (χ3v) is 2.59. The maximum Gasteiger partial charge on any atom is 0.153 e. The summed E-state index contributed by atoms with van der Waals surface area (Å²) in [4.78, 5) is 10.8. The molecule has 0 aromatic carbocycles. The molecule has 4 heteroatoms. The summed E-state index contributed by atoms with van der Waals surface area (Å²) in [6.07, 6.45) is 3.66. The first-order valence-corrected chi connectivity index (χ1v) is 4.95. The van der Waals surface area contributed by atoms with Crippen molar-refractivity contribution < 1.29 is 9.53 Å². The summed E-state index contributed by atoms with van der Waals surface area (Å²) in [6.45, 7) is 4.29. The summed E-state index contributed by atoms with van der Waals surface area (Å²) in [5.74, 6) is 0.308. The van der Waals surface area contributed by atoms with E-state index in [1.54, 1.807) is 10.9 Å². The van der Waals surface area contributed by atoms with Crippen molar-refractivity contribution in [2.75, 3.05) is 13.2 Å². The molecule has 1 saturated heterocycles. The highest BCUT2D eigenvalue weighted by Crippen LogP contribution is 2.25. The van der Waals surface area contributed by atoms with Gasteiger partial charge in [0.05, 0.1) is 17.9 Å².